The molecule has 2 aromatic heterocycles. The van der Waals surface area contributed by atoms with Crippen LogP contribution >= 0.6 is 0 Å². The van der Waals surface area contributed by atoms with Crippen LogP contribution in [-0.2, 0) is 0 Å². The van der Waals surface area contributed by atoms with Crippen LogP contribution in [0.4, 0.5) is 0 Å². The van der Waals surface area contributed by atoms with Gasteiger partial charge in [0.15, 0.2) is 5.75 Å². The second-order valence-corrected chi connectivity index (χ2v) is 4.06. The highest BCUT2D eigenvalue weighted by molar-refractivity contribution is 5.77. The lowest BCUT2D eigenvalue weighted by molar-refractivity contribution is 0.130. The minimum Gasteiger partial charge on any atom is -0.484 e. The van der Waals surface area contributed by atoms with Gasteiger partial charge in [0.05, 0.1) is 6.20 Å². The van der Waals surface area contributed by atoms with E-state index in [9.17, 15) is 0 Å². The van der Waals surface area contributed by atoms with Crippen LogP contribution in [0.1, 0.15) is 20.8 Å². The quantitative estimate of drug-likeness (QED) is 0.696. The van der Waals surface area contributed by atoms with E-state index < -0.39 is 0 Å². The van der Waals surface area contributed by atoms with Crippen molar-refractivity contribution in [3.8, 4) is 5.75 Å². The fraction of sp³-hybridized carbons (Fsp3) is 0.400. The van der Waals surface area contributed by atoms with Crippen LogP contribution in [0.5, 0.6) is 5.75 Å². The van der Waals surface area contributed by atoms with Crippen molar-refractivity contribution >= 4 is 11.1 Å². The first-order chi connectivity index (χ1) is 6.56. The average Bonchev–Trinajstić information content (AvgIpc) is 2.49. The maximum Gasteiger partial charge on any atom is 0.227 e. The summed E-state index contributed by atoms with van der Waals surface area (Å²) in [6.07, 6.45) is 3.26. The molecule has 2 heterocycles. The van der Waals surface area contributed by atoms with Crippen molar-refractivity contribution in [3.05, 3.63) is 18.5 Å². The summed E-state index contributed by atoms with van der Waals surface area (Å²) >= 11 is 0. The van der Waals surface area contributed by atoms with Gasteiger partial charge in [-0.25, -0.2) is 0 Å². The fourth-order valence-corrected chi connectivity index (χ4v) is 1.17. The fourth-order valence-electron chi connectivity index (χ4n) is 1.17. The lowest BCUT2D eigenvalue weighted by Crippen LogP contribution is -2.23. The monoisotopic (exact) mass is 192 g/mol. The molecule has 0 N–H and O–H groups in total. The highest BCUT2D eigenvalue weighted by atomic mass is 16.5. The third-order valence-electron chi connectivity index (χ3n) is 1.63. The molecule has 0 fully saturated rings. The van der Waals surface area contributed by atoms with Gasteiger partial charge in [0.2, 0.25) is 5.58 Å². The van der Waals surface area contributed by atoms with Gasteiger partial charge in [-0.3, -0.25) is 4.98 Å². The second kappa shape index (κ2) is 2.97. The van der Waals surface area contributed by atoms with E-state index in [-0.39, 0.29) is 5.60 Å². The first-order valence-electron chi connectivity index (χ1n) is 4.45. The van der Waals surface area contributed by atoms with E-state index in [0.717, 1.165) is 0 Å². The van der Waals surface area contributed by atoms with E-state index in [1.54, 1.807) is 18.5 Å². The number of rotatable bonds is 1. The van der Waals surface area contributed by atoms with E-state index in [1.807, 2.05) is 20.8 Å². The van der Waals surface area contributed by atoms with Gasteiger partial charge in [0, 0.05) is 12.3 Å². The predicted molar refractivity (Wildman–Crippen MR) is 52.2 cm³/mol. The summed E-state index contributed by atoms with van der Waals surface area (Å²) in [5, 5.41) is 3.67. The number of aromatic nitrogens is 2. The molecule has 0 bridgehead atoms. The summed E-state index contributed by atoms with van der Waals surface area (Å²) in [6, 6.07) is 1.78. The predicted octanol–water partition coefficient (Wildman–Crippen LogP) is 2.40. The summed E-state index contributed by atoms with van der Waals surface area (Å²) in [6.45, 7) is 5.95. The molecular weight excluding hydrogens is 180 g/mol. The Kier molecular flexibility index (Phi) is 1.91. The van der Waals surface area contributed by atoms with Crippen molar-refractivity contribution in [2.24, 2.45) is 0 Å². The molecule has 0 aliphatic carbocycles. The van der Waals surface area contributed by atoms with Crippen LogP contribution in [0.2, 0.25) is 0 Å². The molecule has 0 aliphatic rings. The van der Waals surface area contributed by atoms with Crippen LogP contribution in [-0.4, -0.2) is 15.7 Å². The summed E-state index contributed by atoms with van der Waals surface area (Å²) in [5.74, 6) is 0.681. The number of nitrogens with zero attached hydrogens (tertiary/aromatic N) is 2. The Labute approximate surface area is 81.9 Å². The van der Waals surface area contributed by atoms with Crippen LogP contribution in [0.25, 0.3) is 11.1 Å². The molecule has 4 heteroatoms. The maximum absolute atomic E-state index is 5.70. The Morgan fingerprint density at radius 1 is 1.36 bits per heavy atom. The SMILES string of the molecule is CC(C)(C)Oc1ccnc2cnoc12. The largest absolute Gasteiger partial charge is 0.484 e. The second-order valence-electron chi connectivity index (χ2n) is 4.06. The molecule has 0 aliphatic heterocycles. The molecule has 2 aromatic rings. The van der Waals surface area contributed by atoms with Gasteiger partial charge in [0.1, 0.15) is 11.1 Å². The van der Waals surface area contributed by atoms with Gasteiger partial charge in [-0.2, -0.15) is 0 Å². The zero-order valence-corrected chi connectivity index (χ0v) is 8.44. The van der Waals surface area contributed by atoms with Crippen molar-refractivity contribution in [1.82, 2.24) is 10.1 Å². The lowest BCUT2D eigenvalue weighted by atomic mass is 10.2. The first kappa shape index (κ1) is 8.99. The van der Waals surface area contributed by atoms with Crippen molar-refractivity contribution in [2.75, 3.05) is 0 Å². The lowest BCUT2D eigenvalue weighted by Gasteiger charge is -2.20. The Hall–Kier alpha value is -1.58. The Balaban J connectivity index is 2.46. The third-order valence-corrected chi connectivity index (χ3v) is 1.63. The van der Waals surface area contributed by atoms with Crippen LogP contribution in [0.3, 0.4) is 0 Å². The van der Waals surface area contributed by atoms with Gasteiger partial charge < -0.3 is 9.26 Å². The molecule has 0 amide bonds. The minimum atomic E-state index is -0.249. The molecule has 0 radical (unpaired) electrons. The molecule has 0 saturated heterocycles. The highest BCUT2D eigenvalue weighted by Gasteiger charge is 2.15. The molecule has 74 valence electrons. The minimum absolute atomic E-state index is 0.249. The molecule has 14 heavy (non-hydrogen) atoms. The number of fused-ring (bicyclic) bond motifs is 1. The average molecular weight is 192 g/mol. The third kappa shape index (κ3) is 1.69. The maximum atomic E-state index is 5.70. The Morgan fingerprint density at radius 3 is 2.86 bits per heavy atom. The van der Waals surface area contributed by atoms with Crippen molar-refractivity contribution < 1.29 is 9.26 Å². The van der Waals surface area contributed by atoms with Gasteiger partial charge >= 0.3 is 0 Å². The number of ether oxygens (including phenoxy) is 1. The van der Waals surface area contributed by atoms with Crippen LogP contribution in [0.15, 0.2) is 23.0 Å². The topological polar surface area (TPSA) is 48.2 Å². The molecule has 0 saturated carbocycles. The summed E-state index contributed by atoms with van der Waals surface area (Å²) < 4.78 is 10.8. The molecule has 0 unspecified atom stereocenters. The van der Waals surface area contributed by atoms with Crippen molar-refractivity contribution in [1.29, 1.82) is 0 Å². The zero-order chi connectivity index (χ0) is 10.2. The van der Waals surface area contributed by atoms with Crippen LogP contribution in [0, 0.1) is 0 Å². The Bertz CT molecular complexity index is 443. The van der Waals surface area contributed by atoms with E-state index in [1.165, 1.54) is 0 Å². The van der Waals surface area contributed by atoms with Gasteiger partial charge in [-0.05, 0) is 20.8 Å². The van der Waals surface area contributed by atoms with Gasteiger partial charge in [-0.15, -0.1) is 0 Å². The molecule has 2 rings (SSSR count). The summed E-state index contributed by atoms with van der Waals surface area (Å²) in [7, 11) is 0. The van der Waals surface area contributed by atoms with Gasteiger partial charge in [0.25, 0.3) is 0 Å². The van der Waals surface area contributed by atoms with E-state index in [2.05, 4.69) is 10.1 Å². The zero-order valence-electron chi connectivity index (χ0n) is 8.44. The standard InChI is InChI=1S/C10H12N2O2/c1-10(2,3)13-8-4-5-11-7-6-12-14-9(7)8/h4-6H,1-3H3. The molecule has 0 atom stereocenters. The molecule has 0 spiro atoms. The van der Waals surface area contributed by atoms with Crippen LogP contribution < -0.4 is 4.74 Å². The number of hydrogen-bond acceptors (Lipinski definition) is 4. The summed E-state index contributed by atoms with van der Waals surface area (Å²) in [5.41, 5.74) is 1.07. The number of pyridine rings is 1. The van der Waals surface area contributed by atoms with Crippen molar-refractivity contribution in [3.63, 3.8) is 0 Å². The van der Waals surface area contributed by atoms with Crippen molar-refractivity contribution in [2.45, 2.75) is 26.4 Å². The van der Waals surface area contributed by atoms with E-state index >= 15 is 0 Å². The van der Waals surface area contributed by atoms with E-state index in [4.69, 9.17) is 9.26 Å². The highest BCUT2D eigenvalue weighted by Crippen LogP contribution is 2.26. The molecular formula is C10H12N2O2. The summed E-state index contributed by atoms with van der Waals surface area (Å²) in [4.78, 5) is 4.10. The molecule has 4 nitrogen and oxygen atoms in total. The Morgan fingerprint density at radius 2 is 2.14 bits per heavy atom. The normalized spacial score (nSPS) is 11.9. The van der Waals surface area contributed by atoms with Gasteiger partial charge in [-0.1, -0.05) is 5.16 Å². The smallest absolute Gasteiger partial charge is 0.227 e. The first-order valence-corrected chi connectivity index (χ1v) is 4.45. The number of hydrogen-bond donors (Lipinski definition) is 0. The molecule has 0 aromatic carbocycles. The van der Waals surface area contributed by atoms with E-state index in [0.29, 0.717) is 16.8 Å².